The maximum Gasteiger partial charge on any atom is 0.223 e. The van der Waals surface area contributed by atoms with Crippen molar-refractivity contribution in [3.8, 4) is 0 Å². The van der Waals surface area contributed by atoms with Crippen LogP contribution in [0.25, 0.3) is 0 Å². The Morgan fingerprint density at radius 1 is 1.44 bits per heavy atom. The first-order valence-electron chi connectivity index (χ1n) is 6.25. The number of carbonyl (C=O) groups excluding carboxylic acids is 1. The summed E-state index contributed by atoms with van der Waals surface area (Å²) in [6.45, 7) is 6.84. The minimum atomic E-state index is 0.188. The molecule has 0 saturated heterocycles. The summed E-state index contributed by atoms with van der Waals surface area (Å²) in [5.41, 5.74) is 1.00. The molecule has 1 rings (SSSR count). The summed E-state index contributed by atoms with van der Waals surface area (Å²) >= 11 is 5.98. The number of nitrogens with one attached hydrogen (secondary N) is 1. The highest BCUT2D eigenvalue weighted by atomic mass is 35.5. The molecular weight excluding hydrogens is 250 g/mol. The molecular formula is C13H20ClN3O. The van der Waals surface area contributed by atoms with Crippen molar-refractivity contribution in [1.82, 2.24) is 15.2 Å². The first-order valence-corrected chi connectivity index (χ1v) is 6.63. The van der Waals surface area contributed by atoms with E-state index in [9.17, 15) is 4.79 Å². The Morgan fingerprint density at radius 2 is 2.17 bits per heavy atom. The van der Waals surface area contributed by atoms with Crippen LogP contribution in [0.3, 0.4) is 0 Å². The molecule has 1 N–H and O–H groups in total. The van der Waals surface area contributed by atoms with Crippen LogP contribution in [0.15, 0.2) is 18.5 Å². The number of aromatic nitrogens is 1. The van der Waals surface area contributed by atoms with E-state index in [-0.39, 0.29) is 5.91 Å². The Labute approximate surface area is 113 Å². The molecule has 0 atom stereocenters. The summed E-state index contributed by atoms with van der Waals surface area (Å²) in [4.78, 5) is 17.5. The highest BCUT2D eigenvalue weighted by Gasteiger charge is 2.08. The normalized spacial score (nSPS) is 10.4. The Balaban J connectivity index is 2.27. The fourth-order valence-corrected chi connectivity index (χ4v) is 1.89. The van der Waals surface area contributed by atoms with Gasteiger partial charge in [0.25, 0.3) is 0 Å². The van der Waals surface area contributed by atoms with Crippen LogP contribution in [0.2, 0.25) is 5.02 Å². The molecule has 4 nitrogen and oxygen atoms in total. The van der Waals surface area contributed by atoms with Gasteiger partial charge in [0.15, 0.2) is 0 Å². The molecule has 18 heavy (non-hydrogen) atoms. The summed E-state index contributed by atoms with van der Waals surface area (Å²) < 4.78 is 0. The largest absolute Gasteiger partial charge is 0.343 e. The smallest absolute Gasteiger partial charge is 0.223 e. The molecule has 100 valence electrons. The zero-order valence-corrected chi connectivity index (χ0v) is 11.7. The average Bonchev–Trinajstić information content (AvgIpc) is 2.38. The van der Waals surface area contributed by atoms with Crippen molar-refractivity contribution in [1.29, 1.82) is 0 Å². The van der Waals surface area contributed by atoms with Crippen LogP contribution >= 0.6 is 11.6 Å². The van der Waals surface area contributed by atoms with Crippen LogP contribution in [-0.2, 0) is 11.3 Å². The van der Waals surface area contributed by atoms with Crippen molar-refractivity contribution in [3.63, 3.8) is 0 Å². The van der Waals surface area contributed by atoms with E-state index < -0.39 is 0 Å². The molecule has 0 radical (unpaired) electrons. The van der Waals surface area contributed by atoms with E-state index in [2.05, 4.69) is 10.3 Å². The third-order valence-electron chi connectivity index (χ3n) is 2.80. The van der Waals surface area contributed by atoms with Crippen molar-refractivity contribution in [2.45, 2.75) is 26.8 Å². The van der Waals surface area contributed by atoms with Gasteiger partial charge < -0.3 is 10.2 Å². The van der Waals surface area contributed by atoms with Crippen molar-refractivity contribution >= 4 is 17.5 Å². The molecule has 0 aliphatic rings. The quantitative estimate of drug-likeness (QED) is 0.771. The fraction of sp³-hybridized carbons (Fsp3) is 0.538. The minimum Gasteiger partial charge on any atom is -0.343 e. The van der Waals surface area contributed by atoms with Gasteiger partial charge in [0.1, 0.15) is 0 Å². The van der Waals surface area contributed by atoms with Gasteiger partial charge in [-0.05, 0) is 25.5 Å². The van der Waals surface area contributed by atoms with E-state index in [0.29, 0.717) is 24.5 Å². The zero-order chi connectivity index (χ0) is 13.4. The molecule has 0 fully saturated rings. The molecule has 1 aromatic rings. The molecule has 0 bridgehead atoms. The van der Waals surface area contributed by atoms with Crippen molar-refractivity contribution in [2.75, 3.05) is 19.6 Å². The molecule has 0 spiro atoms. The van der Waals surface area contributed by atoms with Crippen LogP contribution in [0.5, 0.6) is 0 Å². The first-order chi connectivity index (χ1) is 8.69. The summed E-state index contributed by atoms with van der Waals surface area (Å²) in [6, 6.07) is 1.88. The SMILES string of the molecule is CCN(CC)C(=O)CCNCc1ccncc1Cl. The second kappa shape index (κ2) is 8.06. The van der Waals surface area contributed by atoms with Crippen LogP contribution < -0.4 is 5.32 Å². The predicted molar refractivity (Wildman–Crippen MR) is 73.5 cm³/mol. The highest BCUT2D eigenvalue weighted by molar-refractivity contribution is 6.31. The number of carbonyl (C=O) groups is 1. The molecule has 0 aromatic carbocycles. The number of pyridine rings is 1. The van der Waals surface area contributed by atoms with Crippen LogP contribution in [0, 0.1) is 0 Å². The molecule has 0 unspecified atom stereocenters. The Bertz CT molecular complexity index is 380. The van der Waals surface area contributed by atoms with Gasteiger partial charge in [0.2, 0.25) is 5.91 Å². The highest BCUT2D eigenvalue weighted by Crippen LogP contribution is 2.12. The van der Waals surface area contributed by atoms with E-state index in [1.54, 1.807) is 12.4 Å². The van der Waals surface area contributed by atoms with Gasteiger partial charge in [-0.1, -0.05) is 11.6 Å². The Hall–Kier alpha value is -1.13. The van der Waals surface area contributed by atoms with E-state index >= 15 is 0 Å². The third-order valence-corrected chi connectivity index (χ3v) is 3.14. The Morgan fingerprint density at radius 3 is 2.78 bits per heavy atom. The molecule has 1 aromatic heterocycles. The predicted octanol–water partition coefficient (Wildman–Crippen LogP) is 2.08. The lowest BCUT2D eigenvalue weighted by Gasteiger charge is -2.18. The van der Waals surface area contributed by atoms with E-state index in [0.717, 1.165) is 18.7 Å². The van der Waals surface area contributed by atoms with Gasteiger partial charge in [-0.3, -0.25) is 9.78 Å². The van der Waals surface area contributed by atoms with E-state index in [1.807, 2.05) is 24.8 Å². The first kappa shape index (κ1) is 14.9. The van der Waals surface area contributed by atoms with E-state index in [1.165, 1.54) is 0 Å². The van der Waals surface area contributed by atoms with E-state index in [4.69, 9.17) is 11.6 Å². The van der Waals surface area contributed by atoms with Crippen LogP contribution in [0.1, 0.15) is 25.8 Å². The topological polar surface area (TPSA) is 45.2 Å². The summed E-state index contributed by atoms with van der Waals surface area (Å²) in [5, 5.41) is 3.87. The van der Waals surface area contributed by atoms with Crippen molar-refractivity contribution < 1.29 is 4.79 Å². The second-order valence-electron chi connectivity index (χ2n) is 3.96. The summed E-state index contributed by atoms with van der Waals surface area (Å²) in [6.07, 6.45) is 3.86. The van der Waals surface area contributed by atoms with Gasteiger partial charge in [0, 0.05) is 45.0 Å². The maximum absolute atomic E-state index is 11.7. The van der Waals surface area contributed by atoms with Gasteiger partial charge in [-0.15, -0.1) is 0 Å². The van der Waals surface area contributed by atoms with Gasteiger partial charge in [-0.25, -0.2) is 0 Å². The monoisotopic (exact) mass is 269 g/mol. The molecule has 0 saturated carbocycles. The van der Waals surface area contributed by atoms with Gasteiger partial charge in [0.05, 0.1) is 5.02 Å². The maximum atomic E-state index is 11.7. The number of nitrogens with zero attached hydrogens (tertiary/aromatic N) is 2. The third kappa shape index (κ3) is 4.63. The molecule has 5 heteroatoms. The van der Waals surface area contributed by atoms with Crippen LogP contribution in [-0.4, -0.2) is 35.4 Å². The number of hydrogen-bond donors (Lipinski definition) is 1. The fourth-order valence-electron chi connectivity index (χ4n) is 1.70. The summed E-state index contributed by atoms with van der Waals surface area (Å²) in [5.74, 6) is 0.188. The number of amides is 1. The second-order valence-corrected chi connectivity index (χ2v) is 4.37. The standard InChI is InChI=1S/C13H20ClN3O/c1-3-17(4-2)13(18)6-8-15-9-11-5-7-16-10-12(11)14/h5,7,10,15H,3-4,6,8-9H2,1-2H3. The molecule has 0 aliphatic carbocycles. The zero-order valence-electron chi connectivity index (χ0n) is 10.9. The van der Waals surface area contributed by atoms with Gasteiger partial charge in [-0.2, -0.15) is 0 Å². The number of rotatable bonds is 7. The lowest BCUT2D eigenvalue weighted by Crippen LogP contribution is -2.32. The average molecular weight is 270 g/mol. The number of hydrogen-bond acceptors (Lipinski definition) is 3. The Kier molecular flexibility index (Phi) is 6.68. The minimum absolute atomic E-state index is 0.188. The van der Waals surface area contributed by atoms with Crippen LogP contribution in [0.4, 0.5) is 0 Å². The number of halogens is 1. The van der Waals surface area contributed by atoms with Gasteiger partial charge >= 0.3 is 0 Å². The van der Waals surface area contributed by atoms with Crippen molar-refractivity contribution in [2.24, 2.45) is 0 Å². The molecule has 1 amide bonds. The molecule has 0 aliphatic heterocycles. The summed E-state index contributed by atoms with van der Waals surface area (Å²) in [7, 11) is 0. The lowest BCUT2D eigenvalue weighted by atomic mass is 10.2. The van der Waals surface area contributed by atoms with Crippen molar-refractivity contribution in [3.05, 3.63) is 29.0 Å². The molecule has 1 heterocycles. The lowest BCUT2D eigenvalue weighted by molar-refractivity contribution is -0.130.